The standard InChI is InChI=1S/C17H25N3O/c1-19-11-8-14(9-12-19)13-18-15-4-6-16(7-5-15)20-10-2-3-17(20)21/h4-7,14,18H,2-3,8-13H2,1H3. The minimum absolute atomic E-state index is 0.252. The minimum Gasteiger partial charge on any atom is -0.385 e. The first-order valence-corrected chi connectivity index (χ1v) is 8.05. The van der Waals surface area contributed by atoms with Gasteiger partial charge in [-0.05, 0) is 69.6 Å². The Morgan fingerprint density at radius 3 is 2.48 bits per heavy atom. The second-order valence-electron chi connectivity index (χ2n) is 6.32. The Kier molecular flexibility index (Phi) is 4.44. The fourth-order valence-electron chi connectivity index (χ4n) is 3.21. The number of carbonyl (C=O) groups excluding carboxylic acids is 1. The van der Waals surface area contributed by atoms with Crippen molar-refractivity contribution in [2.45, 2.75) is 25.7 Å². The Balaban J connectivity index is 1.51. The lowest BCUT2D eigenvalue weighted by atomic mass is 9.97. The van der Waals surface area contributed by atoms with Crippen LogP contribution >= 0.6 is 0 Å². The van der Waals surface area contributed by atoms with Crippen LogP contribution in [0.15, 0.2) is 24.3 Å². The van der Waals surface area contributed by atoms with Gasteiger partial charge >= 0.3 is 0 Å². The molecule has 2 fully saturated rings. The highest BCUT2D eigenvalue weighted by Crippen LogP contribution is 2.23. The largest absolute Gasteiger partial charge is 0.385 e. The van der Waals surface area contributed by atoms with Crippen molar-refractivity contribution in [3.63, 3.8) is 0 Å². The summed E-state index contributed by atoms with van der Waals surface area (Å²) in [7, 11) is 2.20. The van der Waals surface area contributed by atoms with Gasteiger partial charge in [0.15, 0.2) is 0 Å². The Labute approximate surface area is 127 Å². The first kappa shape index (κ1) is 14.4. The summed E-state index contributed by atoms with van der Waals surface area (Å²) in [5.74, 6) is 1.03. The number of piperidine rings is 1. The SMILES string of the molecule is CN1CCC(CNc2ccc(N3CCCC3=O)cc2)CC1. The number of anilines is 2. The van der Waals surface area contributed by atoms with Gasteiger partial charge in [0.1, 0.15) is 0 Å². The first-order valence-electron chi connectivity index (χ1n) is 8.05. The highest BCUT2D eigenvalue weighted by atomic mass is 16.2. The molecule has 1 amide bonds. The molecule has 0 atom stereocenters. The van der Waals surface area contributed by atoms with Crippen molar-refractivity contribution in [2.24, 2.45) is 5.92 Å². The zero-order valence-corrected chi connectivity index (χ0v) is 12.8. The first-order chi connectivity index (χ1) is 10.2. The maximum absolute atomic E-state index is 11.7. The van der Waals surface area contributed by atoms with E-state index in [4.69, 9.17) is 0 Å². The van der Waals surface area contributed by atoms with Crippen molar-refractivity contribution in [3.8, 4) is 0 Å². The van der Waals surface area contributed by atoms with Gasteiger partial charge in [-0.25, -0.2) is 0 Å². The predicted molar refractivity (Wildman–Crippen MR) is 86.7 cm³/mol. The summed E-state index contributed by atoms with van der Waals surface area (Å²) < 4.78 is 0. The summed E-state index contributed by atoms with van der Waals surface area (Å²) in [5, 5.41) is 3.54. The zero-order valence-electron chi connectivity index (χ0n) is 12.8. The molecule has 0 saturated carbocycles. The lowest BCUT2D eigenvalue weighted by Crippen LogP contribution is -2.32. The number of hydrogen-bond acceptors (Lipinski definition) is 3. The highest BCUT2D eigenvalue weighted by molar-refractivity contribution is 5.95. The molecule has 0 bridgehead atoms. The molecule has 0 unspecified atom stereocenters. The fraction of sp³-hybridized carbons (Fsp3) is 0.588. The third kappa shape index (κ3) is 3.56. The van der Waals surface area contributed by atoms with Crippen LogP contribution < -0.4 is 10.2 Å². The maximum Gasteiger partial charge on any atom is 0.227 e. The normalized spacial score (nSPS) is 21.0. The van der Waals surface area contributed by atoms with Crippen molar-refractivity contribution < 1.29 is 4.79 Å². The smallest absolute Gasteiger partial charge is 0.227 e. The Morgan fingerprint density at radius 2 is 1.86 bits per heavy atom. The van der Waals surface area contributed by atoms with Gasteiger partial charge in [-0.3, -0.25) is 4.79 Å². The molecule has 0 radical (unpaired) electrons. The highest BCUT2D eigenvalue weighted by Gasteiger charge is 2.21. The van der Waals surface area contributed by atoms with Crippen LogP contribution in [-0.4, -0.2) is 44.0 Å². The second kappa shape index (κ2) is 6.48. The van der Waals surface area contributed by atoms with Crippen LogP contribution in [0.3, 0.4) is 0 Å². The van der Waals surface area contributed by atoms with Gasteiger partial charge in [-0.1, -0.05) is 0 Å². The zero-order chi connectivity index (χ0) is 14.7. The van der Waals surface area contributed by atoms with E-state index < -0.39 is 0 Å². The Hall–Kier alpha value is -1.55. The van der Waals surface area contributed by atoms with E-state index in [0.29, 0.717) is 6.42 Å². The number of hydrogen-bond donors (Lipinski definition) is 1. The summed E-state index contributed by atoms with van der Waals surface area (Å²) >= 11 is 0. The van der Waals surface area contributed by atoms with Crippen LogP contribution in [0.2, 0.25) is 0 Å². The molecule has 2 aliphatic rings. The van der Waals surface area contributed by atoms with E-state index in [-0.39, 0.29) is 5.91 Å². The lowest BCUT2D eigenvalue weighted by molar-refractivity contribution is -0.117. The average Bonchev–Trinajstić information content (AvgIpc) is 2.93. The molecule has 21 heavy (non-hydrogen) atoms. The van der Waals surface area contributed by atoms with Crippen LogP contribution in [0, 0.1) is 5.92 Å². The van der Waals surface area contributed by atoms with E-state index in [1.54, 1.807) is 0 Å². The van der Waals surface area contributed by atoms with Crippen molar-refractivity contribution in [2.75, 3.05) is 43.4 Å². The molecule has 4 heteroatoms. The molecular weight excluding hydrogens is 262 g/mol. The molecule has 3 rings (SSSR count). The minimum atomic E-state index is 0.252. The van der Waals surface area contributed by atoms with E-state index in [1.165, 1.54) is 25.9 Å². The molecule has 114 valence electrons. The van der Waals surface area contributed by atoms with E-state index >= 15 is 0 Å². The van der Waals surface area contributed by atoms with Crippen molar-refractivity contribution in [3.05, 3.63) is 24.3 Å². The topological polar surface area (TPSA) is 35.6 Å². The third-order valence-electron chi connectivity index (χ3n) is 4.69. The molecule has 2 heterocycles. The summed E-state index contributed by atoms with van der Waals surface area (Å²) in [6.45, 7) is 4.34. The number of nitrogens with zero attached hydrogens (tertiary/aromatic N) is 2. The van der Waals surface area contributed by atoms with E-state index in [9.17, 15) is 4.79 Å². The van der Waals surface area contributed by atoms with Crippen LogP contribution in [0.1, 0.15) is 25.7 Å². The molecule has 1 aromatic rings. The number of likely N-dealkylation sites (tertiary alicyclic amines) is 1. The van der Waals surface area contributed by atoms with Gasteiger partial charge in [0, 0.05) is 30.9 Å². The number of rotatable bonds is 4. The fourth-order valence-corrected chi connectivity index (χ4v) is 3.21. The monoisotopic (exact) mass is 287 g/mol. The van der Waals surface area contributed by atoms with E-state index in [2.05, 4.69) is 41.5 Å². The van der Waals surface area contributed by atoms with Gasteiger partial charge in [-0.2, -0.15) is 0 Å². The lowest BCUT2D eigenvalue weighted by Gasteiger charge is -2.29. The molecule has 1 aromatic carbocycles. The molecule has 4 nitrogen and oxygen atoms in total. The molecule has 2 aliphatic heterocycles. The van der Waals surface area contributed by atoms with Gasteiger partial charge in [0.2, 0.25) is 5.91 Å². The summed E-state index contributed by atoms with van der Waals surface area (Å²) in [6.07, 6.45) is 4.23. The maximum atomic E-state index is 11.7. The van der Waals surface area contributed by atoms with Crippen LogP contribution in [0.25, 0.3) is 0 Å². The number of amides is 1. The summed E-state index contributed by atoms with van der Waals surface area (Å²) in [6, 6.07) is 8.30. The second-order valence-corrected chi connectivity index (χ2v) is 6.32. The van der Waals surface area contributed by atoms with Crippen LogP contribution in [0.4, 0.5) is 11.4 Å². The molecule has 0 aliphatic carbocycles. The molecule has 0 spiro atoms. The Morgan fingerprint density at radius 1 is 1.14 bits per heavy atom. The van der Waals surface area contributed by atoms with Gasteiger partial charge in [0.05, 0.1) is 0 Å². The van der Waals surface area contributed by atoms with Gasteiger partial charge in [0.25, 0.3) is 0 Å². The number of nitrogens with one attached hydrogen (secondary N) is 1. The van der Waals surface area contributed by atoms with Crippen molar-refractivity contribution in [1.82, 2.24) is 4.90 Å². The van der Waals surface area contributed by atoms with Crippen LogP contribution in [-0.2, 0) is 4.79 Å². The summed E-state index contributed by atoms with van der Waals surface area (Å²) in [5.41, 5.74) is 2.19. The van der Waals surface area contributed by atoms with Crippen LogP contribution in [0.5, 0.6) is 0 Å². The average molecular weight is 287 g/mol. The third-order valence-corrected chi connectivity index (χ3v) is 4.69. The molecule has 1 N–H and O–H groups in total. The van der Waals surface area contributed by atoms with Gasteiger partial charge < -0.3 is 15.1 Å². The van der Waals surface area contributed by atoms with Gasteiger partial charge in [-0.15, -0.1) is 0 Å². The molecule has 2 saturated heterocycles. The van der Waals surface area contributed by atoms with Crippen molar-refractivity contribution in [1.29, 1.82) is 0 Å². The Bertz CT molecular complexity index is 477. The molecular formula is C17H25N3O. The predicted octanol–water partition coefficient (Wildman–Crippen LogP) is 2.57. The molecule has 0 aromatic heterocycles. The number of benzene rings is 1. The van der Waals surface area contributed by atoms with Crippen molar-refractivity contribution >= 4 is 17.3 Å². The summed E-state index contributed by atoms with van der Waals surface area (Å²) in [4.78, 5) is 16.0. The van der Waals surface area contributed by atoms with E-state index in [0.717, 1.165) is 36.8 Å². The van der Waals surface area contributed by atoms with E-state index in [1.807, 2.05) is 4.90 Å². The quantitative estimate of drug-likeness (QED) is 0.924. The number of carbonyl (C=O) groups is 1.